The number of thiazole rings is 1. The molecule has 0 spiro atoms. The van der Waals surface area contributed by atoms with Gasteiger partial charge in [0.15, 0.2) is 5.13 Å². The second-order valence-corrected chi connectivity index (χ2v) is 8.82. The molecule has 7 nitrogen and oxygen atoms in total. The van der Waals surface area contributed by atoms with Crippen LogP contribution in [-0.4, -0.2) is 28.5 Å². The van der Waals surface area contributed by atoms with Crippen LogP contribution in [0.2, 0.25) is 0 Å². The van der Waals surface area contributed by atoms with E-state index in [0.29, 0.717) is 22.8 Å². The Kier molecular flexibility index (Phi) is 8.29. The summed E-state index contributed by atoms with van der Waals surface area (Å²) in [6.07, 6.45) is -4.54. The van der Waals surface area contributed by atoms with Crippen molar-refractivity contribution < 1.29 is 27.6 Å². The number of nitrogens with zero attached hydrogens (tertiary/aromatic N) is 1. The second-order valence-electron chi connectivity index (χ2n) is 6.98. The summed E-state index contributed by atoms with van der Waals surface area (Å²) in [6, 6.07) is 10.8. The van der Waals surface area contributed by atoms with Crippen molar-refractivity contribution in [1.29, 1.82) is 0 Å². The molecule has 0 saturated heterocycles. The van der Waals surface area contributed by atoms with Gasteiger partial charge in [-0.05, 0) is 42.5 Å². The highest BCUT2D eigenvalue weighted by atomic mass is 32.2. The molecular weight excluding hydrogens is 489 g/mol. The Labute approximate surface area is 201 Å². The van der Waals surface area contributed by atoms with E-state index >= 15 is 0 Å². The number of aromatic nitrogens is 1. The van der Waals surface area contributed by atoms with Gasteiger partial charge < -0.3 is 10.6 Å². The zero-order valence-corrected chi connectivity index (χ0v) is 19.4. The molecule has 0 aliphatic heterocycles. The third kappa shape index (κ3) is 7.59. The first-order valence-electron chi connectivity index (χ1n) is 9.78. The topological polar surface area (TPSA) is 100 Å². The fourth-order valence-electron chi connectivity index (χ4n) is 2.72. The highest BCUT2D eigenvalue weighted by Gasteiger charge is 2.31. The van der Waals surface area contributed by atoms with E-state index in [2.05, 4.69) is 20.9 Å². The number of hydrogen-bond acceptors (Lipinski definition) is 6. The fraction of sp³-hybridized carbons (Fsp3) is 0.182. The fourth-order valence-corrected chi connectivity index (χ4v) is 4.25. The van der Waals surface area contributed by atoms with Crippen LogP contribution in [0.4, 0.5) is 29.7 Å². The number of thioether (sulfide) groups is 1. The van der Waals surface area contributed by atoms with E-state index in [1.54, 1.807) is 29.6 Å². The summed E-state index contributed by atoms with van der Waals surface area (Å²) in [5.41, 5.74) is 0.815. The number of nitrogens with one attached hydrogen (secondary N) is 3. The molecule has 178 valence electrons. The van der Waals surface area contributed by atoms with E-state index in [-0.39, 0.29) is 28.3 Å². The Morgan fingerprint density at radius 2 is 1.68 bits per heavy atom. The average Bonchev–Trinajstić information content (AvgIpc) is 3.21. The van der Waals surface area contributed by atoms with Gasteiger partial charge in [0, 0.05) is 35.0 Å². The molecule has 3 rings (SSSR count). The quantitative estimate of drug-likeness (QED) is 0.386. The molecule has 1 aromatic heterocycles. The third-order valence-electron chi connectivity index (χ3n) is 4.20. The van der Waals surface area contributed by atoms with Crippen molar-refractivity contribution >= 4 is 57.3 Å². The molecule has 0 radical (unpaired) electrons. The third-order valence-corrected chi connectivity index (χ3v) is 5.97. The Hall–Kier alpha value is -3.38. The number of benzene rings is 2. The summed E-state index contributed by atoms with van der Waals surface area (Å²) in [7, 11) is 0. The molecule has 0 fully saturated rings. The number of carbonyl (C=O) groups excluding carboxylic acids is 3. The molecule has 1 heterocycles. The summed E-state index contributed by atoms with van der Waals surface area (Å²) in [5.74, 6) is -0.524. The van der Waals surface area contributed by atoms with Gasteiger partial charge in [-0.25, -0.2) is 4.98 Å². The Balaban J connectivity index is 1.45. The minimum Gasteiger partial charge on any atom is -0.326 e. The molecule has 2 aromatic carbocycles. The SMILES string of the molecule is CC(=O)Nc1ccc(NC(=O)CSCc2csc(NC(=O)c3cccc(C(F)(F)F)c3)n2)cc1. The highest BCUT2D eigenvalue weighted by molar-refractivity contribution is 7.99. The monoisotopic (exact) mass is 508 g/mol. The van der Waals surface area contributed by atoms with Crippen molar-refractivity contribution in [2.24, 2.45) is 0 Å². The largest absolute Gasteiger partial charge is 0.416 e. The van der Waals surface area contributed by atoms with Gasteiger partial charge in [0.05, 0.1) is 17.0 Å². The Bertz CT molecular complexity index is 1180. The summed E-state index contributed by atoms with van der Waals surface area (Å²) in [6.45, 7) is 1.41. The smallest absolute Gasteiger partial charge is 0.326 e. The Morgan fingerprint density at radius 1 is 1.00 bits per heavy atom. The van der Waals surface area contributed by atoms with Crippen molar-refractivity contribution in [3.05, 3.63) is 70.7 Å². The minimum absolute atomic E-state index is 0.122. The molecule has 3 N–H and O–H groups in total. The maximum absolute atomic E-state index is 12.8. The lowest BCUT2D eigenvalue weighted by molar-refractivity contribution is -0.137. The summed E-state index contributed by atoms with van der Waals surface area (Å²) >= 11 is 2.46. The van der Waals surface area contributed by atoms with Crippen LogP contribution in [0.5, 0.6) is 0 Å². The minimum atomic E-state index is -4.54. The van der Waals surface area contributed by atoms with Crippen molar-refractivity contribution in [1.82, 2.24) is 4.98 Å². The number of halogens is 3. The first-order valence-corrected chi connectivity index (χ1v) is 11.8. The van der Waals surface area contributed by atoms with Gasteiger partial charge in [0.2, 0.25) is 11.8 Å². The van der Waals surface area contributed by atoms with Gasteiger partial charge in [0.1, 0.15) is 0 Å². The molecule has 34 heavy (non-hydrogen) atoms. The first-order chi connectivity index (χ1) is 16.1. The molecule has 0 aliphatic carbocycles. The predicted molar refractivity (Wildman–Crippen MR) is 127 cm³/mol. The van der Waals surface area contributed by atoms with Crippen molar-refractivity contribution in [3.8, 4) is 0 Å². The zero-order valence-electron chi connectivity index (χ0n) is 17.7. The zero-order chi connectivity index (χ0) is 24.7. The lowest BCUT2D eigenvalue weighted by Gasteiger charge is -2.08. The van der Waals surface area contributed by atoms with E-state index in [1.807, 2.05) is 0 Å². The van der Waals surface area contributed by atoms with Gasteiger partial charge in [-0.15, -0.1) is 23.1 Å². The lowest BCUT2D eigenvalue weighted by Crippen LogP contribution is -2.14. The van der Waals surface area contributed by atoms with Crippen LogP contribution in [0.3, 0.4) is 0 Å². The summed E-state index contributed by atoms with van der Waals surface area (Å²) < 4.78 is 38.5. The van der Waals surface area contributed by atoms with Crippen molar-refractivity contribution in [2.75, 3.05) is 21.7 Å². The molecule has 0 aliphatic rings. The number of amides is 3. The normalized spacial score (nSPS) is 11.1. The van der Waals surface area contributed by atoms with E-state index in [9.17, 15) is 27.6 Å². The van der Waals surface area contributed by atoms with E-state index < -0.39 is 17.6 Å². The van der Waals surface area contributed by atoms with Crippen LogP contribution in [-0.2, 0) is 21.5 Å². The summed E-state index contributed by atoms with van der Waals surface area (Å²) in [5, 5.41) is 9.83. The molecule has 0 atom stereocenters. The van der Waals surface area contributed by atoms with E-state index in [4.69, 9.17) is 0 Å². The number of alkyl halides is 3. The van der Waals surface area contributed by atoms with Gasteiger partial charge in [-0.3, -0.25) is 19.7 Å². The number of anilines is 3. The maximum Gasteiger partial charge on any atom is 0.416 e. The molecular formula is C22H19F3N4O3S2. The maximum atomic E-state index is 12.8. The molecule has 0 saturated carbocycles. The van der Waals surface area contributed by atoms with Crippen LogP contribution in [0, 0.1) is 0 Å². The standard InChI is InChI=1S/C22H19F3N4O3S2/c1-13(30)26-16-5-7-17(8-6-16)27-19(31)12-33-10-18-11-34-21(28-18)29-20(32)14-3-2-4-15(9-14)22(23,24)25/h2-9,11H,10,12H2,1H3,(H,26,30)(H,27,31)(H,28,29,32). The predicted octanol–water partition coefficient (Wildman–Crippen LogP) is 5.24. The lowest BCUT2D eigenvalue weighted by atomic mass is 10.1. The molecule has 3 aromatic rings. The number of rotatable bonds is 8. The molecule has 0 unspecified atom stereocenters. The van der Waals surface area contributed by atoms with Gasteiger partial charge in [0.25, 0.3) is 5.91 Å². The van der Waals surface area contributed by atoms with Crippen LogP contribution < -0.4 is 16.0 Å². The second kappa shape index (κ2) is 11.2. The number of hydrogen-bond donors (Lipinski definition) is 3. The van der Waals surface area contributed by atoms with E-state index in [1.165, 1.54) is 30.8 Å². The number of carbonyl (C=O) groups is 3. The average molecular weight is 509 g/mol. The van der Waals surface area contributed by atoms with Crippen LogP contribution in [0.25, 0.3) is 0 Å². The highest BCUT2D eigenvalue weighted by Crippen LogP contribution is 2.30. The van der Waals surface area contributed by atoms with Crippen molar-refractivity contribution in [3.63, 3.8) is 0 Å². The van der Waals surface area contributed by atoms with Crippen molar-refractivity contribution in [2.45, 2.75) is 18.9 Å². The summed E-state index contributed by atoms with van der Waals surface area (Å²) in [4.78, 5) is 39.6. The molecule has 0 bridgehead atoms. The van der Waals surface area contributed by atoms with Gasteiger partial charge in [-0.1, -0.05) is 6.07 Å². The molecule has 3 amide bonds. The van der Waals surface area contributed by atoms with Crippen LogP contribution >= 0.6 is 23.1 Å². The van der Waals surface area contributed by atoms with Crippen LogP contribution in [0.1, 0.15) is 28.5 Å². The van der Waals surface area contributed by atoms with E-state index in [0.717, 1.165) is 23.5 Å². The molecule has 12 heteroatoms. The Morgan fingerprint density at radius 3 is 2.32 bits per heavy atom. The first kappa shape index (κ1) is 25.2. The van der Waals surface area contributed by atoms with Gasteiger partial charge >= 0.3 is 6.18 Å². The van der Waals surface area contributed by atoms with Gasteiger partial charge in [-0.2, -0.15) is 13.2 Å². The van der Waals surface area contributed by atoms with Crippen LogP contribution in [0.15, 0.2) is 53.9 Å².